The maximum atomic E-state index is 13.3. The Bertz CT molecular complexity index is 1320. The van der Waals surface area contributed by atoms with Gasteiger partial charge in [-0.25, -0.2) is 0 Å². The van der Waals surface area contributed by atoms with Crippen molar-refractivity contribution in [3.05, 3.63) is 106 Å². The van der Waals surface area contributed by atoms with Crippen molar-refractivity contribution >= 4 is 17.4 Å². The molecule has 0 radical (unpaired) electrons. The van der Waals surface area contributed by atoms with Gasteiger partial charge in [0.05, 0.1) is 11.6 Å². The maximum Gasteiger partial charge on any atom is 0.295 e. The third-order valence-corrected chi connectivity index (χ3v) is 7.58. The molecule has 1 unspecified atom stereocenters. The first-order valence-electron chi connectivity index (χ1n) is 13.7. The van der Waals surface area contributed by atoms with Crippen molar-refractivity contribution in [1.82, 2.24) is 9.80 Å². The largest absolute Gasteiger partial charge is 0.507 e. The summed E-state index contributed by atoms with van der Waals surface area (Å²) in [4.78, 5) is 30.4. The van der Waals surface area contributed by atoms with Gasteiger partial charge in [-0.1, -0.05) is 69.3 Å². The molecule has 1 heterocycles. The van der Waals surface area contributed by atoms with Gasteiger partial charge in [-0.15, -0.1) is 0 Å². The Labute approximate surface area is 231 Å². The third-order valence-electron chi connectivity index (χ3n) is 7.58. The molecule has 1 saturated heterocycles. The molecular formula is C33H38N2O4. The minimum absolute atomic E-state index is 0.123. The molecular weight excluding hydrogens is 488 g/mol. The van der Waals surface area contributed by atoms with E-state index in [1.807, 2.05) is 55.5 Å². The zero-order valence-electron chi connectivity index (χ0n) is 23.3. The molecule has 1 fully saturated rings. The van der Waals surface area contributed by atoms with Crippen molar-refractivity contribution < 1.29 is 19.4 Å². The fourth-order valence-electron chi connectivity index (χ4n) is 4.98. The fraction of sp³-hybridized carbons (Fsp3) is 0.333. The van der Waals surface area contributed by atoms with Crippen LogP contribution in [0.2, 0.25) is 0 Å². The van der Waals surface area contributed by atoms with Gasteiger partial charge in [0.2, 0.25) is 0 Å². The number of ketones is 1. The van der Waals surface area contributed by atoms with Gasteiger partial charge in [0, 0.05) is 18.7 Å². The second-order valence-corrected chi connectivity index (χ2v) is 9.85. The van der Waals surface area contributed by atoms with E-state index in [4.69, 9.17) is 4.74 Å². The van der Waals surface area contributed by atoms with Crippen LogP contribution in [0, 0.1) is 6.92 Å². The van der Waals surface area contributed by atoms with Crippen LogP contribution < -0.4 is 4.74 Å². The Morgan fingerprint density at radius 2 is 1.59 bits per heavy atom. The Kier molecular flexibility index (Phi) is 9.20. The first-order valence-corrected chi connectivity index (χ1v) is 13.7. The predicted octanol–water partition coefficient (Wildman–Crippen LogP) is 5.90. The maximum absolute atomic E-state index is 13.3. The van der Waals surface area contributed by atoms with Gasteiger partial charge < -0.3 is 19.6 Å². The quantitative estimate of drug-likeness (QED) is 0.191. The number of rotatable bonds is 11. The molecule has 0 saturated carbocycles. The highest BCUT2D eigenvalue weighted by atomic mass is 16.5. The molecule has 0 aromatic heterocycles. The number of carbonyl (C=O) groups excluding carboxylic acids is 2. The summed E-state index contributed by atoms with van der Waals surface area (Å²) in [5.74, 6) is -0.752. The minimum atomic E-state index is -0.656. The Morgan fingerprint density at radius 1 is 0.923 bits per heavy atom. The molecule has 204 valence electrons. The van der Waals surface area contributed by atoms with Crippen LogP contribution in [0.4, 0.5) is 0 Å². The van der Waals surface area contributed by atoms with Crippen LogP contribution in [0.15, 0.2) is 78.4 Å². The highest BCUT2D eigenvalue weighted by molar-refractivity contribution is 6.46. The highest BCUT2D eigenvalue weighted by Gasteiger charge is 2.45. The topological polar surface area (TPSA) is 70.1 Å². The number of hydrogen-bond acceptors (Lipinski definition) is 5. The molecule has 1 aliphatic rings. The first kappa shape index (κ1) is 28.1. The van der Waals surface area contributed by atoms with Crippen LogP contribution >= 0.6 is 0 Å². The molecule has 1 atom stereocenters. The van der Waals surface area contributed by atoms with E-state index in [1.165, 1.54) is 5.56 Å². The molecule has 39 heavy (non-hydrogen) atoms. The second kappa shape index (κ2) is 12.8. The van der Waals surface area contributed by atoms with E-state index in [0.717, 1.165) is 36.2 Å². The first-order chi connectivity index (χ1) is 18.9. The summed E-state index contributed by atoms with van der Waals surface area (Å²) in [6, 6.07) is 22.3. The summed E-state index contributed by atoms with van der Waals surface area (Å²) >= 11 is 0. The molecule has 6 nitrogen and oxygen atoms in total. The molecule has 6 heteroatoms. The number of hydrogen-bond donors (Lipinski definition) is 1. The predicted molar refractivity (Wildman–Crippen MR) is 155 cm³/mol. The van der Waals surface area contributed by atoms with E-state index in [0.29, 0.717) is 31.0 Å². The average Bonchev–Trinajstić information content (AvgIpc) is 3.22. The number of aliphatic hydroxyl groups is 1. The van der Waals surface area contributed by atoms with Gasteiger partial charge >= 0.3 is 0 Å². The lowest BCUT2D eigenvalue weighted by Crippen LogP contribution is -2.38. The summed E-state index contributed by atoms with van der Waals surface area (Å²) in [6.45, 7) is 11.5. The average molecular weight is 527 g/mol. The molecule has 0 bridgehead atoms. The number of nitrogens with zero attached hydrogens (tertiary/aromatic N) is 2. The minimum Gasteiger partial charge on any atom is -0.507 e. The van der Waals surface area contributed by atoms with E-state index < -0.39 is 17.7 Å². The fourth-order valence-corrected chi connectivity index (χ4v) is 4.98. The lowest BCUT2D eigenvalue weighted by atomic mass is 9.94. The van der Waals surface area contributed by atoms with Crippen LogP contribution in [0.25, 0.3) is 5.76 Å². The third kappa shape index (κ3) is 6.23. The number of carbonyl (C=O) groups is 2. The van der Waals surface area contributed by atoms with E-state index >= 15 is 0 Å². The van der Waals surface area contributed by atoms with Gasteiger partial charge in [-0.05, 0) is 73.0 Å². The summed E-state index contributed by atoms with van der Waals surface area (Å²) in [5.41, 5.74) is 4.83. The lowest BCUT2D eigenvalue weighted by molar-refractivity contribution is -0.140. The van der Waals surface area contributed by atoms with Gasteiger partial charge in [0.25, 0.3) is 11.7 Å². The number of likely N-dealkylation sites (N-methyl/N-ethyl adjacent to an activating group) is 1. The number of likely N-dealkylation sites (tertiary alicyclic amines) is 1. The van der Waals surface area contributed by atoms with Crippen molar-refractivity contribution in [1.29, 1.82) is 0 Å². The monoisotopic (exact) mass is 526 g/mol. The normalized spacial score (nSPS) is 16.7. The van der Waals surface area contributed by atoms with Gasteiger partial charge in [-0.3, -0.25) is 9.59 Å². The molecule has 3 aromatic rings. The van der Waals surface area contributed by atoms with E-state index in [-0.39, 0.29) is 11.3 Å². The molecule has 0 aliphatic carbocycles. The van der Waals surface area contributed by atoms with Crippen molar-refractivity contribution in [2.45, 2.75) is 46.8 Å². The smallest absolute Gasteiger partial charge is 0.295 e. The summed E-state index contributed by atoms with van der Waals surface area (Å²) in [6.07, 6.45) is 0.890. The van der Waals surface area contributed by atoms with Gasteiger partial charge in [0.15, 0.2) is 0 Å². The summed E-state index contributed by atoms with van der Waals surface area (Å²) in [5, 5.41) is 11.4. The van der Waals surface area contributed by atoms with Crippen LogP contribution in [0.1, 0.15) is 54.6 Å². The van der Waals surface area contributed by atoms with Crippen LogP contribution in [0.5, 0.6) is 5.75 Å². The Hall–Kier alpha value is -3.90. The van der Waals surface area contributed by atoms with Crippen molar-refractivity contribution in [3.8, 4) is 5.75 Å². The van der Waals surface area contributed by atoms with Crippen LogP contribution in [0.3, 0.4) is 0 Å². The molecule has 3 aromatic carbocycles. The number of aryl methyl sites for hydroxylation is 2. The van der Waals surface area contributed by atoms with E-state index in [9.17, 15) is 14.7 Å². The number of Topliss-reactive ketones (excluding diaryl/α,β-unsaturated/α-hetero) is 1. The second-order valence-electron chi connectivity index (χ2n) is 9.85. The van der Waals surface area contributed by atoms with Gasteiger partial charge in [-0.2, -0.15) is 0 Å². The molecule has 0 spiro atoms. The summed E-state index contributed by atoms with van der Waals surface area (Å²) in [7, 11) is 0. The summed E-state index contributed by atoms with van der Waals surface area (Å²) < 4.78 is 5.94. The van der Waals surface area contributed by atoms with E-state index in [1.54, 1.807) is 29.2 Å². The van der Waals surface area contributed by atoms with Crippen molar-refractivity contribution in [2.75, 3.05) is 26.2 Å². The Balaban J connectivity index is 1.65. The zero-order valence-corrected chi connectivity index (χ0v) is 23.3. The number of aliphatic hydroxyl groups excluding tert-OH is 1. The molecule has 1 amide bonds. The van der Waals surface area contributed by atoms with Gasteiger partial charge in [0.1, 0.15) is 18.1 Å². The van der Waals surface area contributed by atoms with Crippen molar-refractivity contribution in [2.24, 2.45) is 0 Å². The lowest BCUT2D eigenvalue weighted by Gasteiger charge is -2.28. The molecule has 4 rings (SSSR count). The highest BCUT2D eigenvalue weighted by Crippen LogP contribution is 2.39. The number of ether oxygens (including phenoxy) is 1. The van der Waals surface area contributed by atoms with Crippen molar-refractivity contribution in [3.63, 3.8) is 0 Å². The zero-order chi connectivity index (χ0) is 27.9. The number of benzene rings is 3. The van der Waals surface area contributed by atoms with Crippen LogP contribution in [-0.2, 0) is 22.6 Å². The van der Waals surface area contributed by atoms with E-state index in [2.05, 4.69) is 25.7 Å². The Morgan fingerprint density at radius 3 is 2.21 bits per heavy atom. The van der Waals surface area contributed by atoms with Crippen LogP contribution in [-0.4, -0.2) is 52.8 Å². The molecule has 1 aliphatic heterocycles. The SMILES string of the molecule is CCc1ccc(C2/C(=C(\O)c3ccc(OCc4ccccc4C)cc3)C(=O)C(=O)N2CCN(CC)CC)cc1. The standard InChI is InChI=1S/C33H38N2O4/c1-5-24-12-14-25(15-13-24)30-29(32(37)33(38)35(30)21-20-34(6-2)7-3)31(36)26-16-18-28(19-17-26)39-22-27-11-9-8-10-23(27)4/h8-19,30,36H,5-7,20-22H2,1-4H3/b31-29+. The number of amides is 1. The molecule has 1 N–H and O–H groups in total.